The monoisotopic (exact) mass is 389 g/mol. The van der Waals surface area contributed by atoms with Crippen molar-refractivity contribution in [2.75, 3.05) is 26.1 Å². The summed E-state index contributed by atoms with van der Waals surface area (Å²) in [6.45, 7) is 1.14. The molecule has 0 radical (unpaired) electrons. The Morgan fingerprint density at radius 2 is 1.79 bits per heavy atom. The average Bonchev–Trinajstić information content (AvgIpc) is 2.66. The highest BCUT2D eigenvalue weighted by Gasteiger charge is 2.20. The number of rotatable bonds is 8. The second-order valence-electron chi connectivity index (χ2n) is 5.63. The van der Waals surface area contributed by atoms with Gasteiger partial charge in [-0.15, -0.1) is 0 Å². The van der Waals surface area contributed by atoms with Crippen LogP contribution in [0.2, 0.25) is 0 Å². The molecule has 2 amide bonds. The highest BCUT2D eigenvalue weighted by Crippen LogP contribution is 2.39. The summed E-state index contributed by atoms with van der Waals surface area (Å²) >= 11 is 0. The predicted octanol–water partition coefficient (Wildman–Crippen LogP) is 2.04. The maximum Gasteiger partial charge on any atom is 0.274 e. The molecule has 2 rings (SSSR count). The normalized spacial score (nSPS) is 10.1. The van der Waals surface area contributed by atoms with Crippen LogP contribution in [-0.2, 0) is 4.79 Å². The molecule has 28 heavy (non-hydrogen) atoms. The van der Waals surface area contributed by atoms with Gasteiger partial charge in [0.05, 0.1) is 30.4 Å². The number of nitrogens with one attached hydrogen (secondary N) is 1. The van der Waals surface area contributed by atoms with Gasteiger partial charge in [-0.3, -0.25) is 19.7 Å². The molecule has 2 aromatic rings. The zero-order valence-electron chi connectivity index (χ0n) is 15.5. The maximum absolute atomic E-state index is 12.7. The van der Waals surface area contributed by atoms with E-state index in [-0.39, 0.29) is 28.5 Å². The Hall–Kier alpha value is -3.82. The second kappa shape index (κ2) is 8.71. The number of hydrogen-bond donors (Lipinski definition) is 2. The molecule has 0 aliphatic heterocycles. The zero-order chi connectivity index (χ0) is 20.8. The Morgan fingerprint density at radius 1 is 1.18 bits per heavy atom. The van der Waals surface area contributed by atoms with E-state index in [1.807, 2.05) is 0 Å². The van der Waals surface area contributed by atoms with E-state index in [0.29, 0.717) is 11.3 Å². The topological polar surface area (TPSA) is 143 Å². The van der Waals surface area contributed by atoms with E-state index in [2.05, 4.69) is 5.32 Å². The van der Waals surface area contributed by atoms with E-state index in [1.54, 1.807) is 6.07 Å². The molecule has 0 bridgehead atoms. The summed E-state index contributed by atoms with van der Waals surface area (Å²) in [5.74, 6) is -0.802. The largest absolute Gasteiger partial charge is 0.493 e. The summed E-state index contributed by atoms with van der Waals surface area (Å²) in [6.07, 6.45) is 0. The van der Waals surface area contributed by atoms with Gasteiger partial charge in [0.2, 0.25) is 5.75 Å². The van der Waals surface area contributed by atoms with Gasteiger partial charge in [0.1, 0.15) is 0 Å². The fourth-order valence-corrected chi connectivity index (χ4v) is 2.45. The highest BCUT2D eigenvalue weighted by molar-refractivity contribution is 6.05. The fourth-order valence-electron chi connectivity index (χ4n) is 2.45. The number of primary amides is 1. The SMILES string of the molecule is COc1cc(C(=O)Nc2cccc([N+](=O)[O-])c2C)cc(OC)c1OCC(N)=O. The van der Waals surface area contributed by atoms with Crippen molar-refractivity contribution in [2.24, 2.45) is 5.73 Å². The van der Waals surface area contributed by atoms with Gasteiger partial charge >= 0.3 is 0 Å². The van der Waals surface area contributed by atoms with Gasteiger partial charge in [0.15, 0.2) is 18.1 Å². The molecule has 0 saturated carbocycles. The summed E-state index contributed by atoms with van der Waals surface area (Å²) in [7, 11) is 2.72. The summed E-state index contributed by atoms with van der Waals surface area (Å²) in [6, 6.07) is 7.16. The van der Waals surface area contributed by atoms with Gasteiger partial charge in [-0.05, 0) is 25.1 Å². The van der Waals surface area contributed by atoms with E-state index in [4.69, 9.17) is 19.9 Å². The molecule has 0 aliphatic rings. The molecule has 10 nitrogen and oxygen atoms in total. The van der Waals surface area contributed by atoms with Crippen LogP contribution in [0.3, 0.4) is 0 Å². The lowest BCUT2D eigenvalue weighted by atomic mass is 10.1. The fraction of sp³-hybridized carbons (Fsp3) is 0.222. The first-order valence-electron chi connectivity index (χ1n) is 8.01. The quantitative estimate of drug-likeness (QED) is 0.519. The van der Waals surface area contributed by atoms with Crippen LogP contribution >= 0.6 is 0 Å². The van der Waals surface area contributed by atoms with Crippen molar-refractivity contribution >= 4 is 23.2 Å². The number of nitrogens with two attached hydrogens (primary N) is 1. The minimum atomic E-state index is -0.688. The van der Waals surface area contributed by atoms with Crippen LogP contribution in [-0.4, -0.2) is 37.6 Å². The third kappa shape index (κ3) is 4.47. The Labute approximate surface area is 160 Å². The third-order valence-electron chi connectivity index (χ3n) is 3.83. The summed E-state index contributed by atoms with van der Waals surface area (Å²) in [5, 5.41) is 13.7. The molecule has 0 atom stereocenters. The van der Waals surface area contributed by atoms with Crippen LogP contribution in [0.25, 0.3) is 0 Å². The van der Waals surface area contributed by atoms with Crippen molar-refractivity contribution in [3.05, 3.63) is 51.6 Å². The number of nitrogens with zero attached hydrogens (tertiary/aromatic N) is 1. The lowest BCUT2D eigenvalue weighted by Crippen LogP contribution is -2.20. The number of methoxy groups -OCH3 is 2. The van der Waals surface area contributed by atoms with Crippen molar-refractivity contribution in [2.45, 2.75) is 6.92 Å². The molecular weight excluding hydrogens is 370 g/mol. The summed E-state index contributed by atoms with van der Waals surface area (Å²) in [5.41, 5.74) is 5.75. The second-order valence-corrected chi connectivity index (χ2v) is 5.63. The number of carbonyl (C=O) groups excluding carboxylic acids is 2. The van der Waals surface area contributed by atoms with Crippen molar-refractivity contribution < 1.29 is 28.7 Å². The van der Waals surface area contributed by atoms with Crippen LogP contribution in [0.4, 0.5) is 11.4 Å². The molecule has 0 fully saturated rings. The highest BCUT2D eigenvalue weighted by atomic mass is 16.6. The van der Waals surface area contributed by atoms with Crippen LogP contribution < -0.4 is 25.3 Å². The van der Waals surface area contributed by atoms with Crippen LogP contribution in [0.15, 0.2) is 30.3 Å². The number of nitro groups is 1. The van der Waals surface area contributed by atoms with Gasteiger partial charge in [0, 0.05) is 11.6 Å². The van der Waals surface area contributed by atoms with Gasteiger partial charge in [0.25, 0.3) is 17.5 Å². The van der Waals surface area contributed by atoms with Gasteiger partial charge < -0.3 is 25.3 Å². The van der Waals surface area contributed by atoms with Gasteiger partial charge in [-0.2, -0.15) is 0 Å². The zero-order valence-corrected chi connectivity index (χ0v) is 15.5. The summed E-state index contributed by atoms with van der Waals surface area (Å²) < 4.78 is 15.7. The molecule has 0 spiro atoms. The molecule has 0 aliphatic carbocycles. The minimum Gasteiger partial charge on any atom is -0.493 e. The minimum absolute atomic E-state index is 0.108. The Bertz CT molecular complexity index is 902. The first-order valence-corrected chi connectivity index (χ1v) is 8.01. The first-order chi connectivity index (χ1) is 13.3. The van der Waals surface area contributed by atoms with Crippen LogP contribution in [0.1, 0.15) is 15.9 Å². The number of ether oxygens (including phenoxy) is 3. The van der Waals surface area contributed by atoms with Crippen molar-refractivity contribution in [1.82, 2.24) is 0 Å². The van der Waals surface area contributed by atoms with E-state index < -0.39 is 23.3 Å². The Morgan fingerprint density at radius 3 is 2.29 bits per heavy atom. The molecule has 148 valence electrons. The Balaban J connectivity index is 2.37. The van der Waals surface area contributed by atoms with Crippen molar-refractivity contribution in [3.63, 3.8) is 0 Å². The molecule has 0 heterocycles. The van der Waals surface area contributed by atoms with Crippen molar-refractivity contribution in [1.29, 1.82) is 0 Å². The van der Waals surface area contributed by atoms with Crippen molar-refractivity contribution in [3.8, 4) is 17.2 Å². The van der Waals surface area contributed by atoms with E-state index >= 15 is 0 Å². The van der Waals surface area contributed by atoms with Gasteiger partial charge in [-0.1, -0.05) is 6.07 Å². The Kier molecular flexibility index (Phi) is 6.38. The molecule has 0 unspecified atom stereocenters. The number of benzene rings is 2. The molecule has 2 aromatic carbocycles. The van der Waals surface area contributed by atoms with Crippen LogP contribution in [0, 0.1) is 17.0 Å². The van der Waals surface area contributed by atoms with E-state index in [1.165, 1.54) is 45.4 Å². The average molecular weight is 389 g/mol. The summed E-state index contributed by atoms with van der Waals surface area (Å²) in [4.78, 5) is 34.1. The third-order valence-corrected chi connectivity index (χ3v) is 3.83. The molecule has 0 saturated heterocycles. The van der Waals surface area contributed by atoms with E-state index in [0.717, 1.165) is 0 Å². The first kappa shape index (κ1) is 20.5. The molecule has 0 aromatic heterocycles. The standard InChI is InChI=1S/C18H19N3O7/c1-10-12(5-4-6-13(10)21(24)25)20-18(23)11-7-14(26-2)17(15(8-11)27-3)28-9-16(19)22/h4-8H,9H2,1-3H3,(H2,19,22)(H,20,23). The molecular formula is C18H19N3O7. The van der Waals surface area contributed by atoms with Crippen LogP contribution in [0.5, 0.6) is 17.2 Å². The number of anilines is 1. The predicted molar refractivity (Wildman–Crippen MR) is 100 cm³/mol. The van der Waals surface area contributed by atoms with Gasteiger partial charge in [-0.25, -0.2) is 0 Å². The lowest BCUT2D eigenvalue weighted by molar-refractivity contribution is -0.385. The number of carbonyl (C=O) groups is 2. The number of amides is 2. The number of hydrogen-bond acceptors (Lipinski definition) is 7. The maximum atomic E-state index is 12.7. The molecule has 3 N–H and O–H groups in total. The lowest BCUT2D eigenvalue weighted by Gasteiger charge is -2.15. The molecule has 10 heteroatoms. The number of nitro benzene ring substituents is 1. The van der Waals surface area contributed by atoms with E-state index in [9.17, 15) is 19.7 Å². The smallest absolute Gasteiger partial charge is 0.274 e.